The van der Waals surface area contributed by atoms with Gasteiger partial charge in [0.25, 0.3) is 5.91 Å². The molecule has 2 aromatic carbocycles. The third-order valence-electron chi connectivity index (χ3n) is 5.82. The largest absolute Gasteiger partial charge is 0.444 e. The fourth-order valence-corrected chi connectivity index (χ4v) is 3.74. The van der Waals surface area contributed by atoms with Gasteiger partial charge < -0.3 is 14.6 Å². The maximum Gasteiger partial charge on any atom is 0.412 e. The summed E-state index contributed by atoms with van der Waals surface area (Å²) < 4.78 is 25.4. The van der Waals surface area contributed by atoms with Gasteiger partial charge in [-0.05, 0) is 63.9 Å². The molecule has 10 nitrogen and oxygen atoms in total. The summed E-state index contributed by atoms with van der Waals surface area (Å²) in [7, 11) is 0. The molecule has 2 atom stereocenters. The number of carbonyl (C=O) groups is 2. The highest BCUT2D eigenvalue weighted by molar-refractivity contribution is 6.04. The van der Waals surface area contributed by atoms with Gasteiger partial charge in [-0.2, -0.15) is 10.1 Å². The van der Waals surface area contributed by atoms with Gasteiger partial charge in [-0.1, -0.05) is 23.4 Å². The van der Waals surface area contributed by atoms with Crippen LogP contribution in [0.3, 0.4) is 0 Å². The molecule has 1 saturated carbocycles. The normalized spacial score (nSPS) is 16.7. The molecule has 1 fully saturated rings. The maximum absolute atomic E-state index is 13.3. The van der Waals surface area contributed by atoms with Crippen molar-refractivity contribution in [3.05, 3.63) is 71.9 Å². The van der Waals surface area contributed by atoms with Crippen molar-refractivity contribution in [3.8, 4) is 17.1 Å². The van der Waals surface area contributed by atoms with Gasteiger partial charge in [0.15, 0.2) is 0 Å². The Balaban J connectivity index is 1.28. The van der Waals surface area contributed by atoms with Gasteiger partial charge in [0.1, 0.15) is 11.8 Å². The SMILES string of the molecule is Cc1ccc(-c2noc([C@H]3C[C@@H]3F)n2)cc1NC(=O)c1cnn(-c2cccc(NC(=O)OC(C)(C)C)c2)c1. The second-order valence-corrected chi connectivity index (χ2v) is 10.1. The molecular weight excluding hydrogens is 491 g/mol. The van der Waals surface area contributed by atoms with E-state index in [4.69, 9.17) is 9.26 Å². The molecule has 0 unspecified atom stereocenters. The lowest BCUT2D eigenvalue weighted by Crippen LogP contribution is -2.27. The maximum atomic E-state index is 13.3. The van der Waals surface area contributed by atoms with E-state index in [0.29, 0.717) is 40.4 Å². The highest BCUT2D eigenvalue weighted by Gasteiger charge is 2.43. The zero-order valence-corrected chi connectivity index (χ0v) is 21.4. The monoisotopic (exact) mass is 518 g/mol. The first kappa shape index (κ1) is 25.1. The molecule has 0 aliphatic heterocycles. The van der Waals surface area contributed by atoms with Crippen LogP contribution < -0.4 is 10.6 Å². The molecule has 2 amide bonds. The van der Waals surface area contributed by atoms with Crippen molar-refractivity contribution in [1.29, 1.82) is 0 Å². The first-order valence-corrected chi connectivity index (χ1v) is 12.1. The van der Waals surface area contributed by atoms with Crippen LogP contribution in [0.2, 0.25) is 0 Å². The van der Waals surface area contributed by atoms with E-state index in [1.165, 1.54) is 10.9 Å². The molecule has 0 saturated heterocycles. The van der Waals surface area contributed by atoms with E-state index < -0.39 is 17.9 Å². The van der Waals surface area contributed by atoms with Crippen LogP contribution in [-0.2, 0) is 4.74 Å². The molecule has 2 N–H and O–H groups in total. The Morgan fingerprint density at radius 2 is 1.95 bits per heavy atom. The fraction of sp³-hybridized carbons (Fsp3) is 0.296. The topological polar surface area (TPSA) is 124 Å². The van der Waals surface area contributed by atoms with E-state index >= 15 is 0 Å². The van der Waals surface area contributed by atoms with Crippen molar-refractivity contribution in [1.82, 2.24) is 19.9 Å². The Bertz CT molecular complexity index is 1510. The number of anilines is 2. The van der Waals surface area contributed by atoms with Crippen LogP contribution in [0.25, 0.3) is 17.1 Å². The van der Waals surface area contributed by atoms with Gasteiger partial charge in [0.05, 0.1) is 23.4 Å². The number of amides is 2. The van der Waals surface area contributed by atoms with Crippen LogP contribution in [0.4, 0.5) is 20.6 Å². The Morgan fingerprint density at radius 1 is 1.16 bits per heavy atom. The molecular formula is C27H27FN6O4. The van der Waals surface area contributed by atoms with E-state index in [9.17, 15) is 14.0 Å². The number of ether oxygens (including phenoxy) is 1. The fourth-order valence-electron chi connectivity index (χ4n) is 3.74. The summed E-state index contributed by atoms with van der Waals surface area (Å²) in [5, 5.41) is 13.8. The number of aromatic nitrogens is 4. The summed E-state index contributed by atoms with van der Waals surface area (Å²) in [5.41, 5.74) is 2.95. The molecule has 2 aromatic heterocycles. The molecule has 2 heterocycles. The number of nitrogens with zero attached hydrogens (tertiary/aromatic N) is 4. The predicted molar refractivity (Wildman–Crippen MR) is 138 cm³/mol. The highest BCUT2D eigenvalue weighted by atomic mass is 19.1. The Labute approximate surface area is 218 Å². The minimum Gasteiger partial charge on any atom is -0.444 e. The first-order chi connectivity index (χ1) is 18.1. The number of nitrogens with one attached hydrogen (secondary N) is 2. The summed E-state index contributed by atoms with van der Waals surface area (Å²) in [6, 6.07) is 12.4. The van der Waals surface area contributed by atoms with E-state index in [1.54, 1.807) is 57.3 Å². The van der Waals surface area contributed by atoms with Gasteiger partial charge in [-0.3, -0.25) is 10.1 Å². The molecule has 0 spiro atoms. The Kier molecular flexibility index (Phi) is 6.43. The van der Waals surface area contributed by atoms with E-state index in [1.807, 2.05) is 19.1 Å². The molecule has 0 bridgehead atoms. The third-order valence-corrected chi connectivity index (χ3v) is 5.82. The Morgan fingerprint density at radius 3 is 2.68 bits per heavy atom. The number of rotatable bonds is 6. The molecule has 11 heteroatoms. The number of alkyl halides is 1. The van der Waals surface area contributed by atoms with Crippen LogP contribution in [0.15, 0.2) is 59.4 Å². The molecule has 196 valence electrons. The Hall–Kier alpha value is -4.54. The smallest absolute Gasteiger partial charge is 0.412 e. The molecule has 1 aliphatic rings. The number of hydrogen-bond acceptors (Lipinski definition) is 7. The molecule has 1 aliphatic carbocycles. The number of halogens is 1. The summed E-state index contributed by atoms with van der Waals surface area (Å²) in [6.07, 6.45) is 1.95. The zero-order valence-electron chi connectivity index (χ0n) is 21.4. The summed E-state index contributed by atoms with van der Waals surface area (Å²) in [4.78, 5) is 29.4. The predicted octanol–water partition coefficient (Wildman–Crippen LogP) is 5.66. The van der Waals surface area contributed by atoms with Crippen LogP contribution >= 0.6 is 0 Å². The quantitative estimate of drug-likeness (QED) is 0.338. The number of carbonyl (C=O) groups excluding carboxylic acids is 2. The average molecular weight is 519 g/mol. The van der Waals surface area contributed by atoms with Crippen molar-refractivity contribution in [3.63, 3.8) is 0 Å². The molecule has 5 rings (SSSR count). The minimum atomic E-state index is -0.930. The highest BCUT2D eigenvalue weighted by Crippen LogP contribution is 2.43. The van der Waals surface area contributed by atoms with E-state index in [0.717, 1.165) is 5.56 Å². The van der Waals surface area contributed by atoms with Gasteiger partial charge in [0, 0.05) is 23.1 Å². The third kappa shape index (κ3) is 5.72. The zero-order chi connectivity index (χ0) is 27.0. The number of hydrogen-bond donors (Lipinski definition) is 2. The van der Waals surface area contributed by atoms with Gasteiger partial charge in [-0.25, -0.2) is 13.9 Å². The number of benzene rings is 2. The van der Waals surface area contributed by atoms with Crippen LogP contribution in [-0.4, -0.2) is 43.7 Å². The summed E-state index contributed by atoms with van der Waals surface area (Å²) >= 11 is 0. The van der Waals surface area contributed by atoms with Gasteiger partial charge in [-0.15, -0.1) is 0 Å². The van der Waals surface area contributed by atoms with Crippen molar-refractivity contribution in [2.24, 2.45) is 0 Å². The first-order valence-electron chi connectivity index (χ1n) is 12.1. The van der Waals surface area contributed by atoms with E-state index in [-0.39, 0.29) is 17.7 Å². The lowest BCUT2D eigenvalue weighted by Gasteiger charge is -2.19. The molecule has 0 radical (unpaired) electrons. The van der Waals surface area contributed by atoms with Crippen molar-refractivity contribution >= 4 is 23.4 Å². The number of aryl methyl sites for hydroxylation is 1. The summed E-state index contributed by atoms with van der Waals surface area (Å²) in [6.45, 7) is 7.23. The van der Waals surface area contributed by atoms with Crippen LogP contribution in [0, 0.1) is 6.92 Å². The van der Waals surface area contributed by atoms with Crippen molar-refractivity contribution in [2.45, 2.75) is 51.8 Å². The van der Waals surface area contributed by atoms with Crippen LogP contribution in [0.1, 0.15) is 54.9 Å². The lowest BCUT2D eigenvalue weighted by atomic mass is 10.1. The minimum absolute atomic E-state index is 0.288. The van der Waals surface area contributed by atoms with Crippen molar-refractivity contribution in [2.75, 3.05) is 10.6 Å². The second-order valence-electron chi connectivity index (χ2n) is 10.1. The summed E-state index contributed by atoms with van der Waals surface area (Å²) in [5.74, 6) is -0.0588. The van der Waals surface area contributed by atoms with E-state index in [2.05, 4.69) is 25.9 Å². The molecule has 38 heavy (non-hydrogen) atoms. The second kappa shape index (κ2) is 9.73. The standard InChI is InChI=1S/C27H27FN6O4/c1-15-8-9-16(23-32-25(38-33-23)20-12-21(20)28)10-22(15)31-24(35)17-13-29-34(14-17)19-7-5-6-18(11-19)30-26(36)37-27(2,3)4/h5-11,13-14,20-21H,12H2,1-4H3,(H,30,36)(H,31,35)/t20-,21-/m0/s1. The average Bonchev–Trinajstić information content (AvgIpc) is 3.25. The van der Waals surface area contributed by atoms with Gasteiger partial charge in [0.2, 0.25) is 11.7 Å². The molecule has 4 aromatic rings. The van der Waals surface area contributed by atoms with Crippen LogP contribution in [0.5, 0.6) is 0 Å². The lowest BCUT2D eigenvalue weighted by molar-refractivity contribution is 0.0635. The van der Waals surface area contributed by atoms with Crippen molar-refractivity contribution < 1.29 is 23.2 Å². The van der Waals surface area contributed by atoms with Gasteiger partial charge >= 0.3 is 6.09 Å².